The van der Waals surface area contributed by atoms with Gasteiger partial charge in [-0.05, 0) is 23.3 Å². The Hall–Kier alpha value is -2.95. The van der Waals surface area contributed by atoms with Gasteiger partial charge in [-0.3, -0.25) is 0 Å². The Labute approximate surface area is 115 Å². The van der Waals surface area contributed by atoms with Crippen LogP contribution in [0.5, 0.6) is 11.5 Å². The number of benzene rings is 2. The first-order chi connectivity index (χ1) is 9.58. The van der Waals surface area contributed by atoms with E-state index in [-0.39, 0.29) is 17.3 Å². The number of nitrogens with zero attached hydrogens (tertiary/aromatic N) is 1. The molecule has 0 saturated heterocycles. The molecule has 5 heteroatoms. The maximum absolute atomic E-state index is 9.37. The Kier molecular flexibility index (Phi) is 3.91. The average molecular weight is 270 g/mol. The van der Waals surface area contributed by atoms with E-state index >= 15 is 0 Å². The number of amidine groups is 1. The van der Waals surface area contributed by atoms with Gasteiger partial charge >= 0.3 is 0 Å². The fourth-order valence-electron chi connectivity index (χ4n) is 1.73. The van der Waals surface area contributed by atoms with Crippen LogP contribution in [0.1, 0.15) is 16.7 Å². The van der Waals surface area contributed by atoms with E-state index in [1.54, 1.807) is 30.3 Å². The SMILES string of the molecule is N/C(=N\O)c1ccc(/C=C/c2cc(O)cc(O)c2)cc1. The molecule has 0 atom stereocenters. The fourth-order valence-corrected chi connectivity index (χ4v) is 1.73. The van der Waals surface area contributed by atoms with Crippen molar-refractivity contribution in [2.75, 3.05) is 0 Å². The molecule has 20 heavy (non-hydrogen) atoms. The normalized spacial score (nSPS) is 11.9. The molecule has 102 valence electrons. The van der Waals surface area contributed by atoms with Crippen LogP contribution in [0.3, 0.4) is 0 Å². The third kappa shape index (κ3) is 3.29. The number of nitrogens with two attached hydrogens (primary N) is 1. The van der Waals surface area contributed by atoms with E-state index in [4.69, 9.17) is 10.9 Å². The summed E-state index contributed by atoms with van der Waals surface area (Å²) in [4.78, 5) is 0. The smallest absolute Gasteiger partial charge is 0.170 e. The lowest BCUT2D eigenvalue weighted by molar-refractivity contribution is 0.318. The van der Waals surface area contributed by atoms with E-state index < -0.39 is 0 Å². The summed E-state index contributed by atoms with van der Waals surface area (Å²) in [7, 11) is 0. The summed E-state index contributed by atoms with van der Waals surface area (Å²) in [5.41, 5.74) is 7.68. The summed E-state index contributed by atoms with van der Waals surface area (Å²) in [6.45, 7) is 0. The Balaban J connectivity index is 2.19. The zero-order chi connectivity index (χ0) is 14.5. The predicted octanol–water partition coefficient (Wildman–Crippen LogP) is 2.36. The Morgan fingerprint density at radius 2 is 1.45 bits per heavy atom. The monoisotopic (exact) mass is 270 g/mol. The molecule has 0 aliphatic rings. The van der Waals surface area contributed by atoms with Crippen LogP contribution in [0.2, 0.25) is 0 Å². The molecule has 0 saturated carbocycles. The molecule has 5 nitrogen and oxygen atoms in total. The van der Waals surface area contributed by atoms with Gasteiger partial charge in [-0.2, -0.15) is 0 Å². The second kappa shape index (κ2) is 5.79. The fraction of sp³-hybridized carbons (Fsp3) is 0. The van der Waals surface area contributed by atoms with E-state index in [0.717, 1.165) is 5.56 Å². The van der Waals surface area contributed by atoms with Crippen molar-refractivity contribution in [2.24, 2.45) is 10.9 Å². The minimum atomic E-state index is 0.00642. The molecule has 2 rings (SSSR count). The predicted molar refractivity (Wildman–Crippen MR) is 77.7 cm³/mol. The standard InChI is InChI=1S/C15H14N2O3/c16-15(17-20)12-5-3-10(4-6-12)1-2-11-7-13(18)9-14(19)8-11/h1-9,18-20H,(H2,16,17)/b2-1+. The summed E-state index contributed by atoms with van der Waals surface area (Å²) < 4.78 is 0. The van der Waals surface area contributed by atoms with Crippen molar-refractivity contribution < 1.29 is 15.4 Å². The maximum atomic E-state index is 9.37. The van der Waals surface area contributed by atoms with Gasteiger partial charge in [-0.25, -0.2) is 0 Å². The second-order valence-corrected chi connectivity index (χ2v) is 4.22. The van der Waals surface area contributed by atoms with Crippen LogP contribution < -0.4 is 5.73 Å². The van der Waals surface area contributed by atoms with Crippen LogP contribution >= 0.6 is 0 Å². The molecule has 0 aromatic heterocycles. The molecule has 0 heterocycles. The number of hydrogen-bond acceptors (Lipinski definition) is 4. The molecular formula is C15H14N2O3. The van der Waals surface area contributed by atoms with Crippen molar-refractivity contribution in [1.82, 2.24) is 0 Å². The van der Waals surface area contributed by atoms with Crippen LogP contribution in [-0.4, -0.2) is 21.3 Å². The van der Waals surface area contributed by atoms with Crippen LogP contribution in [0, 0.1) is 0 Å². The maximum Gasteiger partial charge on any atom is 0.170 e. The molecule has 0 fully saturated rings. The number of oxime groups is 1. The summed E-state index contributed by atoms with van der Waals surface area (Å²) in [6, 6.07) is 11.4. The van der Waals surface area contributed by atoms with Crippen LogP contribution in [-0.2, 0) is 0 Å². The van der Waals surface area contributed by atoms with E-state index in [2.05, 4.69) is 5.16 Å². The van der Waals surface area contributed by atoms with Crippen molar-refractivity contribution in [3.8, 4) is 11.5 Å². The number of phenolic OH excluding ortho intramolecular Hbond substituents is 2. The van der Waals surface area contributed by atoms with Gasteiger partial charge < -0.3 is 21.2 Å². The van der Waals surface area contributed by atoms with Gasteiger partial charge in [0.2, 0.25) is 0 Å². The molecule has 0 aliphatic carbocycles. The molecule has 0 aliphatic heterocycles. The van der Waals surface area contributed by atoms with Crippen molar-refractivity contribution in [1.29, 1.82) is 0 Å². The number of phenols is 2. The number of rotatable bonds is 3. The van der Waals surface area contributed by atoms with Gasteiger partial charge in [0.1, 0.15) is 11.5 Å². The first-order valence-corrected chi connectivity index (χ1v) is 5.87. The summed E-state index contributed by atoms with van der Waals surface area (Å²) in [6.07, 6.45) is 3.59. The summed E-state index contributed by atoms with van der Waals surface area (Å²) in [5, 5.41) is 30.2. The lowest BCUT2D eigenvalue weighted by Crippen LogP contribution is -2.12. The summed E-state index contributed by atoms with van der Waals surface area (Å²) >= 11 is 0. The van der Waals surface area contributed by atoms with Crippen LogP contribution in [0.15, 0.2) is 47.6 Å². The minimum Gasteiger partial charge on any atom is -0.508 e. The van der Waals surface area contributed by atoms with E-state index in [9.17, 15) is 10.2 Å². The molecule has 0 bridgehead atoms. The number of hydrogen-bond donors (Lipinski definition) is 4. The Morgan fingerprint density at radius 3 is 2.00 bits per heavy atom. The topological polar surface area (TPSA) is 99.1 Å². The molecule has 2 aromatic carbocycles. The van der Waals surface area contributed by atoms with E-state index in [1.807, 2.05) is 18.2 Å². The van der Waals surface area contributed by atoms with E-state index in [0.29, 0.717) is 11.1 Å². The lowest BCUT2D eigenvalue weighted by atomic mass is 10.1. The van der Waals surface area contributed by atoms with Crippen molar-refractivity contribution in [2.45, 2.75) is 0 Å². The first-order valence-electron chi connectivity index (χ1n) is 5.87. The molecule has 0 spiro atoms. The minimum absolute atomic E-state index is 0.00642. The second-order valence-electron chi connectivity index (χ2n) is 4.22. The van der Waals surface area contributed by atoms with E-state index in [1.165, 1.54) is 6.07 Å². The quantitative estimate of drug-likeness (QED) is 0.226. The Morgan fingerprint density at radius 1 is 0.900 bits per heavy atom. The van der Waals surface area contributed by atoms with Gasteiger partial charge in [0.15, 0.2) is 5.84 Å². The molecule has 0 amide bonds. The third-order valence-corrected chi connectivity index (χ3v) is 2.71. The highest BCUT2D eigenvalue weighted by Gasteiger charge is 1.98. The van der Waals surface area contributed by atoms with Gasteiger partial charge in [-0.1, -0.05) is 41.6 Å². The lowest BCUT2D eigenvalue weighted by Gasteiger charge is -2.00. The van der Waals surface area contributed by atoms with Crippen molar-refractivity contribution >= 4 is 18.0 Å². The highest BCUT2D eigenvalue weighted by molar-refractivity contribution is 5.97. The molecule has 2 aromatic rings. The highest BCUT2D eigenvalue weighted by atomic mass is 16.4. The first kappa shape index (κ1) is 13.5. The number of aromatic hydroxyl groups is 2. The van der Waals surface area contributed by atoms with Crippen LogP contribution in [0.4, 0.5) is 0 Å². The Bertz CT molecular complexity index is 641. The van der Waals surface area contributed by atoms with Gasteiger partial charge in [0, 0.05) is 11.6 Å². The zero-order valence-electron chi connectivity index (χ0n) is 10.6. The highest BCUT2D eigenvalue weighted by Crippen LogP contribution is 2.21. The summed E-state index contributed by atoms with van der Waals surface area (Å²) in [5.74, 6) is 0.0669. The van der Waals surface area contributed by atoms with Crippen molar-refractivity contribution in [3.05, 3.63) is 59.2 Å². The molecular weight excluding hydrogens is 256 g/mol. The van der Waals surface area contributed by atoms with Crippen LogP contribution in [0.25, 0.3) is 12.2 Å². The van der Waals surface area contributed by atoms with Gasteiger partial charge in [0.25, 0.3) is 0 Å². The average Bonchev–Trinajstić information content (AvgIpc) is 2.44. The molecule has 5 N–H and O–H groups in total. The zero-order valence-corrected chi connectivity index (χ0v) is 10.6. The third-order valence-electron chi connectivity index (χ3n) is 2.71. The molecule has 0 radical (unpaired) electrons. The largest absolute Gasteiger partial charge is 0.508 e. The van der Waals surface area contributed by atoms with Gasteiger partial charge in [0.05, 0.1) is 0 Å². The van der Waals surface area contributed by atoms with Gasteiger partial charge in [-0.15, -0.1) is 0 Å². The van der Waals surface area contributed by atoms with Crippen molar-refractivity contribution in [3.63, 3.8) is 0 Å². The molecule has 0 unspecified atom stereocenters.